The number of carbonyl (C=O) groups is 1. The van der Waals surface area contributed by atoms with Gasteiger partial charge in [0.25, 0.3) is 0 Å². The van der Waals surface area contributed by atoms with Crippen LogP contribution in [0.15, 0.2) is 42.5 Å². The molecule has 1 atom stereocenters. The zero-order valence-electron chi connectivity index (χ0n) is 19.7. The molecule has 176 valence electrons. The van der Waals surface area contributed by atoms with E-state index in [0.29, 0.717) is 5.56 Å². The van der Waals surface area contributed by atoms with Gasteiger partial charge in [-0.3, -0.25) is 4.79 Å². The maximum atomic E-state index is 13.1. The van der Waals surface area contributed by atoms with Crippen LogP contribution in [0.5, 0.6) is 0 Å². The molecule has 34 heavy (non-hydrogen) atoms. The van der Waals surface area contributed by atoms with E-state index in [2.05, 4.69) is 69.4 Å². The van der Waals surface area contributed by atoms with E-state index in [9.17, 15) is 10.1 Å². The number of carbonyl (C=O) groups excluding carboxylic acids is 1. The Morgan fingerprint density at radius 3 is 2.38 bits per heavy atom. The fourth-order valence-corrected chi connectivity index (χ4v) is 4.94. The van der Waals surface area contributed by atoms with Crippen LogP contribution in [-0.2, 0) is 4.74 Å². The molecule has 2 saturated heterocycles. The summed E-state index contributed by atoms with van der Waals surface area (Å²) in [7, 11) is 0. The molecule has 1 unspecified atom stereocenters. The predicted molar refractivity (Wildman–Crippen MR) is 136 cm³/mol. The minimum atomic E-state index is -0.740. The molecule has 0 aromatic heterocycles. The van der Waals surface area contributed by atoms with E-state index in [-0.39, 0.29) is 5.78 Å². The molecule has 2 heterocycles. The summed E-state index contributed by atoms with van der Waals surface area (Å²) in [6, 6.07) is 14.6. The van der Waals surface area contributed by atoms with Crippen LogP contribution < -0.4 is 15.1 Å². The second-order valence-corrected chi connectivity index (χ2v) is 8.98. The van der Waals surface area contributed by atoms with Crippen molar-refractivity contribution >= 4 is 34.6 Å². The number of nitriles is 1. The molecule has 1 N–H and O–H groups in total. The van der Waals surface area contributed by atoms with Gasteiger partial charge in [-0.1, -0.05) is 19.1 Å². The van der Waals surface area contributed by atoms with Crippen LogP contribution >= 0.6 is 0 Å². The van der Waals surface area contributed by atoms with Crippen molar-refractivity contribution < 1.29 is 9.53 Å². The first-order valence-corrected chi connectivity index (χ1v) is 12.1. The van der Waals surface area contributed by atoms with Crippen LogP contribution in [0, 0.1) is 17.2 Å². The first kappa shape index (κ1) is 22.5. The number of nitrogens with one attached hydrogen (secondary N) is 1. The van der Waals surface area contributed by atoms with Gasteiger partial charge in [0, 0.05) is 56.3 Å². The highest BCUT2D eigenvalue weighted by Gasteiger charge is 2.28. The fourth-order valence-electron chi connectivity index (χ4n) is 4.94. The lowest BCUT2D eigenvalue weighted by atomic mass is 9.87. The topological polar surface area (TPSA) is 71.8 Å². The summed E-state index contributed by atoms with van der Waals surface area (Å²) in [4.78, 5) is 20.3. The van der Waals surface area contributed by atoms with Gasteiger partial charge in [-0.15, -0.1) is 0 Å². The largest absolute Gasteiger partial charge is 0.378 e. The minimum absolute atomic E-state index is 0.144. The van der Waals surface area contributed by atoms with Gasteiger partial charge in [0.2, 0.25) is 0 Å². The van der Waals surface area contributed by atoms with Crippen molar-refractivity contribution in [2.45, 2.75) is 6.92 Å². The highest BCUT2D eigenvalue weighted by molar-refractivity contribution is 6.11. The number of allylic oxidation sites excluding steroid dienone is 1. The van der Waals surface area contributed by atoms with Crippen LogP contribution in [0.3, 0.4) is 0 Å². The Balaban J connectivity index is 1.44. The number of ketones is 1. The van der Waals surface area contributed by atoms with Gasteiger partial charge >= 0.3 is 0 Å². The third-order valence-electron chi connectivity index (χ3n) is 7.00. The fraction of sp³-hybridized carbons (Fsp3) is 0.407. The van der Waals surface area contributed by atoms with Gasteiger partial charge in [-0.05, 0) is 48.5 Å². The number of rotatable bonds is 5. The second kappa shape index (κ2) is 9.88. The van der Waals surface area contributed by atoms with Crippen LogP contribution in [0.1, 0.15) is 22.8 Å². The number of piperazine rings is 1. The van der Waals surface area contributed by atoms with Crippen molar-refractivity contribution in [3.63, 3.8) is 0 Å². The molecule has 7 heteroatoms. The first-order valence-electron chi connectivity index (χ1n) is 12.1. The number of anilines is 4. The molecule has 2 aromatic carbocycles. The summed E-state index contributed by atoms with van der Waals surface area (Å²) in [5, 5.41) is 13.0. The lowest BCUT2D eigenvalue weighted by Gasteiger charge is -2.36. The molecule has 1 aliphatic carbocycles. The van der Waals surface area contributed by atoms with Crippen molar-refractivity contribution in [1.29, 1.82) is 5.26 Å². The first-order chi connectivity index (χ1) is 16.7. The Morgan fingerprint density at radius 1 is 1.00 bits per heavy atom. The summed E-state index contributed by atoms with van der Waals surface area (Å²) >= 11 is 0. The molecule has 7 nitrogen and oxygen atoms in total. The average Bonchev–Trinajstić information content (AvgIpc) is 2.89. The van der Waals surface area contributed by atoms with Crippen LogP contribution in [0.4, 0.5) is 22.7 Å². The molecular weight excluding hydrogens is 426 g/mol. The van der Waals surface area contributed by atoms with Crippen molar-refractivity contribution in [2.24, 2.45) is 5.92 Å². The highest BCUT2D eigenvalue weighted by atomic mass is 16.5. The lowest BCUT2D eigenvalue weighted by molar-refractivity contribution is 0.0967. The zero-order valence-corrected chi connectivity index (χ0v) is 19.7. The summed E-state index contributed by atoms with van der Waals surface area (Å²) in [6.07, 6.45) is 3.63. The number of nitrogens with zero attached hydrogens (tertiary/aromatic N) is 4. The van der Waals surface area contributed by atoms with E-state index in [1.165, 1.54) is 5.69 Å². The molecule has 0 amide bonds. The van der Waals surface area contributed by atoms with Gasteiger partial charge in [0.15, 0.2) is 5.78 Å². The van der Waals surface area contributed by atoms with E-state index < -0.39 is 5.92 Å². The summed E-state index contributed by atoms with van der Waals surface area (Å²) in [5.41, 5.74) is 5.43. The van der Waals surface area contributed by atoms with Crippen molar-refractivity contribution in [3.8, 4) is 6.07 Å². The van der Waals surface area contributed by atoms with Crippen LogP contribution in [0.25, 0.3) is 6.08 Å². The Bertz CT molecular complexity index is 1110. The third-order valence-corrected chi connectivity index (χ3v) is 7.00. The normalized spacial score (nSPS) is 20.7. The SMILES string of the molecule is CCN1CCN(c2cc3c(c(Nc4ccc(N5CCOCC5)cc4)c2)C(=O)C(C#N)C=C3)CC1. The van der Waals surface area contributed by atoms with Gasteiger partial charge in [0.1, 0.15) is 5.92 Å². The number of hydrogen-bond acceptors (Lipinski definition) is 7. The van der Waals surface area contributed by atoms with Gasteiger partial charge in [-0.2, -0.15) is 5.26 Å². The van der Waals surface area contributed by atoms with E-state index in [1.54, 1.807) is 6.08 Å². The predicted octanol–water partition coefficient (Wildman–Crippen LogP) is 3.76. The Kier molecular flexibility index (Phi) is 6.52. The number of hydrogen-bond donors (Lipinski definition) is 1. The second-order valence-electron chi connectivity index (χ2n) is 8.98. The summed E-state index contributed by atoms with van der Waals surface area (Å²) < 4.78 is 5.46. The molecule has 2 aliphatic heterocycles. The Morgan fingerprint density at radius 2 is 1.71 bits per heavy atom. The Labute approximate surface area is 201 Å². The molecule has 2 aromatic rings. The van der Waals surface area contributed by atoms with E-state index in [1.807, 2.05) is 6.08 Å². The molecule has 0 saturated carbocycles. The molecular formula is C27H31N5O2. The van der Waals surface area contributed by atoms with Crippen LogP contribution in [0.2, 0.25) is 0 Å². The monoisotopic (exact) mass is 457 g/mol. The van der Waals surface area contributed by atoms with Crippen LogP contribution in [-0.4, -0.2) is 69.7 Å². The molecule has 3 aliphatic rings. The number of fused-ring (bicyclic) bond motifs is 1. The molecule has 0 spiro atoms. The van der Waals surface area contributed by atoms with Crippen molar-refractivity contribution in [2.75, 3.05) is 74.1 Å². The molecule has 2 fully saturated rings. The minimum Gasteiger partial charge on any atom is -0.378 e. The van der Waals surface area contributed by atoms with Gasteiger partial charge < -0.3 is 24.8 Å². The van der Waals surface area contributed by atoms with Crippen molar-refractivity contribution in [3.05, 3.63) is 53.6 Å². The number of likely N-dealkylation sites (N-methyl/N-ethyl adjacent to an activating group) is 1. The molecule has 5 rings (SSSR count). The van der Waals surface area contributed by atoms with Gasteiger partial charge in [-0.25, -0.2) is 0 Å². The standard InChI is InChI=1S/C27H31N5O2/c1-2-30-9-11-31(12-10-30)24-17-20-3-4-21(19-28)27(33)26(20)25(18-24)29-22-5-7-23(8-6-22)32-13-15-34-16-14-32/h3-8,17-18,21,29H,2,9-16H2,1H3. The highest BCUT2D eigenvalue weighted by Crippen LogP contribution is 2.36. The number of Topliss-reactive ketones (excluding diaryl/α,β-unsaturated/α-hetero) is 1. The van der Waals surface area contributed by atoms with E-state index in [0.717, 1.165) is 81.7 Å². The van der Waals surface area contributed by atoms with Gasteiger partial charge in [0.05, 0.1) is 30.5 Å². The maximum absolute atomic E-state index is 13.1. The third kappa shape index (κ3) is 4.52. The zero-order chi connectivity index (χ0) is 23.5. The quantitative estimate of drug-likeness (QED) is 0.733. The Hall–Kier alpha value is -3.34. The van der Waals surface area contributed by atoms with Crippen molar-refractivity contribution in [1.82, 2.24) is 4.90 Å². The van der Waals surface area contributed by atoms with E-state index in [4.69, 9.17) is 4.74 Å². The smallest absolute Gasteiger partial charge is 0.186 e. The summed E-state index contributed by atoms with van der Waals surface area (Å²) in [5.74, 6) is -0.884. The lowest BCUT2D eigenvalue weighted by Crippen LogP contribution is -2.46. The molecule has 0 radical (unpaired) electrons. The average molecular weight is 458 g/mol. The number of benzene rings is 2. The number of ether oxygens (including phenoxy) is 1. The van der Waals surface area contributed by atoms with E-state index >= 15 is 0 Å². The molecule has 0 bridgehead atoms. The maximum Gasteiger partial charge on any atom is 0.186 e. The summed E-state index contributed by atoms with van der Waals surface area (Å²) in [6.45, 7) is 10.5. The number of morpholine rings is 1.